The summed E-state index contributed by atoms with van der Waals surface area (Å²) in [4.78, 5) is 12.1. The Hall–Kier alpha value is -1.80. The van der Waals surface area contributed by atoms with Gasteiger partial charge in [0.1, 0.15) is 0 Å². The molecule has 2 aromatic rings. The number of fused-ring (bicyclic) bond motifs is 1. The van der Waals surface area contributed by atoms with Crippen molar-refractivity contribution in [2.45, 2.75) is 25.1 Å². The first kappa shape index (κ1) is 14.2. The fraction of sp³-hybridized carbons (Fsp3) is 0.278. The third-order valence-corrected chi connectivity index (χ3v) is 4.53. The predicted octanol–water partition coefficient (Wildman–Crippen LogP) is 4.00. The molecule has 1 aliphatic heterocycles. The van der Waals surface area contributed by atoms with Crippen molar-refractivity contribution in [1.82, 2.24) is 5.32 Å². The molecule has 0 saturated carbocycles. The van der Waals surface area contributed by atoms with E-state index in [0.29, 0.717) is 0 Å². The molecule has 0 spiro atoms. The number of hydrogen-bond acceptors (Lipinski definition) is 1. The van der Waals surface area contributed by atoms with E-state index in [2.05, 4.69) is 18.3 Å². The first-order valence-electron chi connectivity index (χ1n) is 7.27. The van der Waals surface area contributed by atoms with Crippen LogP contribution in [0.4, 0.5) is 0 Å². The highest BCUT2D eigenvalue weighted by Gasteiger charge is 2.19. The standard InChI is InChI=1S/C18H18ClNO/c1-12-5-2-3-7-15(12)17(19)14-9-8-13-6-4-10-20-18(21)16(13)11-14/h2-3,5,7-9,11,17H,4,6,10H2,1H3,(H,20,21). The molecular weight excluding hydrogens is 282 g/mol. The molecule has 1 heterocycles. The minimum absolute atomic E-state index is 0.0120. The highest BCUT2D eigenvalue weighted by atomic mass is 35.5. The van der Waals surface area contributed by atoms with Gasteiger partial charge in [0, 0.05) is 12.1 Å². The van der Waals surface area contributed by atoms with Crippen LogP contribution in [0.1, 0.15) is 44.4 Å². The maximum Gasteiger partial charge on any atom is 0.251 e. The van der Waals surface area contributed by atoms with E-state index in [1.165, 1.54) is 0 Å². The van der Waals surface area contributed by atoms with E-state index >= 15 is 0 Å². The van der Waals surface area contributed by atoms with E-state index in [4.69, 9.17) is 11.6 Å². The fourth-order valence-corrected chi connectivity index (χ4v) is 3.19. The van der Waals surface area contributed by atoms with E-state index < -0.39 is 0 Å². The number of halogens is 1. The lowest BCUT2D eigenvalue weighted by atomic mass is 9.95. The number of aryl methyl sites for hydroxylation is 2. The maximum atomic E-state index is 12.1. The van der Waals surface area contributed by atoms with E-state index in [-0.39, 0.29) is 11.3 Å². The zero-order chi connectivity index (χ0) is 14.8. The van der Waals surface area contributed by atoms with Crippen molar-refractivity contribution < 1.29 is 4.79 Å². The minimum Gasteiger partial charge on any atom is -0.352 e. The molecule has 1 unspecified atom stereocenters. The van der Waals surface area contributed by atoms with Crippen LogP contribution < -0.4 is 5.32 Å². The molecule has 0 radical (unpaired) electrons. The Kier molecular flexibility index (Phi) is 3.98. The molecule has 1 aliphatic rings. The Morgan fingerprint density at radius 1 is 1.19 bits per heavy atom. The van der Waals surface area contributed by atoms with E-state index in [0.717, 1.165) is 47.2 Å². The summed E-state index contributed by atoms with van der Waals surface area (Å²) in [5.41, 5.74) is 5.11. The number of benzene rings is 2. The van der Waals surface area contributed by atoms with Gasteiger partial charge in [0.05, 0.1) is 5.38 Å². The molecule has 1 amide bonds. The Labute approximate surface area is 130 Å². The number of carbonyl (C=O) groups excluding carboxylic acids is 1. The van der Waals surface area contributed by atoms with Crippen LogP contribution in [0.3, 0.4) is 0 Å². The summed E-state index contributed by atoms with van der Waals surface area (Å²) < 4.78 is 0. The van der Waals surface area contributed by atoms with Crippen molar-refractivity contribution in [3.8, 4) is 0 Å². The Bertz CT molecular complexity index is 681. The third-order valence-electron chi connectivity index (χ3n) is 4.04. The van der Waals surface area contributed by atoms with Crippen LogP contribution in [0.25, 0.3) is 0 Å². The molecule has 0 aromatic heterocycles. The zero-order valence-electron chi connectivity index (χ0n) is 12.0. The summed E-state index contributed by atoms with van der Waals surface area (Å²) in [5, 5.41) is 2.71. The van der Waals surface area contributed by atoms with Crippen molar-refractivity contribution in [1.29, 1.82) is 0 Å². The first-order chi connectivity index (χ1) is 10.2. The molecule has 0 bridgehead atoms. The molecule has 0 fully saturated rings. The van der Waals surface area contributed by atoms with Gasteiger partial charge in [-0.25, -0.2) is 0 Å². The van der Waals surface area contributed by atoms with Gasteiger partial charge < -0.3 is 5.32 Å². The minimum atomic E-state index is -0.229. The van der Waals surface area contributed by atoms with Gasteiger partial charge in [-0.1, -0.05) is 36.4 Å². The smallest absolute Gasteiger partial charge is 0.251 e. The number of amides is 1. The summed E-state index contributed by atoms with van der Waals surface area (Å²) in [6, 6.07) is 14.1. The van der Waals surface area contributed by atoms with E-state index in [1.807, 2.05) is 36.4 Å². The quantitative estimate of drug-likeness (QED) is 0.834. The lowest BCUT2D eigenvalue weighted by molar-refractivity contribution is 0.0956. The van der Waals surface area contributed by atoms with Crippen LogP contribution in [-0.2, 0) is 6.42 Å². The van der Waals surface area contributed by atoms with Crippen LogP contribution in [0.5, 0.6) is 0 Å². The van der Waals surface area contributed by atoms with Crippen LogP contribution in [0, 0.1) is 6.92 Å². The van der Waals surface area contributed by atoms with Crippen LogP contribution in [-0.4, -0.2) is 12.5 Å². The predicted molar refractivity (Wildman–Crippen MR) is 86.0 cm³/mol. The first-order valence-corrected chi connectivity index (χ1v) is 7.71. The van der Waals surface area contributed by atoms with Crippen LogP contribution in [0.2, 0.25) is 0 Å². The van der Waals surface area contributed by atoms with E-state index in [1.54, 1.807) is 0 Å². The van der Waals surface area contributed by atoms with Gasteiger partial charge in [-0.15, -0.1) is 11.6 Å². The molecule has 1 N–H and O–H groups in total. The summed E-state index contributed by atoms with van der Waals surface area (Å²) in [7, 11) is 0. The van der Waals surface area contributed by atoms with Gasteiger partial charge in [0.25, 0.3) is 5.91 Å². The monoisotopic (exact) mass is 299 g/mol. The molecule has 2 aromatic carbocycles. The molecule has 0 saturated heterocycles. The van der Waals surface area contributed by atoms with Crippen LogP contribution in [0.15, 0.2) is 42.5 Å². The number of rotatable bonds is 2. The summed E-state index contributed by atoms with van der Waals surface area (Å²) in [6.07, 6.45) is 1.92. The number of alkyl halides is 1. The highest BCUT2D eigenvalue weighted by Crippen LogP contribution is 2.32. The average Bonchev–Trinajstić information content (AvgIpc) is 2.69. The molecule has 3 rings (SSSR count). The zero-order valence-corrected chi connectivity index (χ0v) is 12.8. The molecular formula is C18H18ClNO. The van der Waals surface area contributed by atoms with Gasteiger partial charge in [0.15, 0.2) is 0 Å². The molecule has 0 aliphatic carbocycles. The molecule has 21 heavy (non-hydrogen) atoms. The van der Waals surface area contributed by atoms with Gasteiger partial charge in [-0.3, -0.25) is 4.79 Å². The highest BCUT2D eigenvalue weighted by molar-refractivity contribution is 6.22. The van der Waals surface area contributed by atoms with Gasteiger partial charge in [-0.2, -0.15) is 0 Å². The molecule has 2 nitrogen and oxygen atoms in total. The third kappa shape index (κ3) is 2.81. The average molecular weight is 300 g/mol. The van der Waals surface area contributed by atoms with Crippen molar-refractivity contribution in [2.75, 3.05) is 6.54 Å². The summed E-state index contributed by atoms with van der Waals surface area (Å²) >= 11 is 6.64. The second-order valence-corrected chi connectivity index (χ2v) is 5.93. The SMILES string of the molecule is Cc1ccccc1C(Cl)c1ccc2c(c1)C(=O)NCCC2. The number of nitrogens with one attached hydrogen (secondary N) is 1. The maximum absolute atomic E-state index is 12.1. The van der Waals surface area contributed by atoms with Crippen molar-refractivity contribution in [2.24, 2.45) is 0 Å². The molecule has 1 atom stereocenters. The lowest BCUT2D eigenvalue weighted by Gasteiger charge is -2.15. The second kappa shape index (κ2) is 5.90. The summed E-state index contributed by atoms with van der Waals surface area (Å²) in [5.74, 6) is 0.0120. The van der Waals surface area contributed by atoms with Gasteiger partial charge in [0.2, 0.25) is 0 Å². The Balaban J connectivity index is 2.00. The lowest BCUT2D eigenvalue weighted by Crippen LogP contribution is -2.22. The van der Waals surface area contributed by atoms with Crippen LogP contribution >= 0.6 is 11.6 Å². The number of hydrogen-bond donors (Lipinski definition) is 1. The van der Waals surface area contributed by atoms with Gasteiger partial charge >= 0.3 is 0 Å². The topological polar surface area (TPSA) is 29.1 Å². The van der Waals surface area contributed by atoms with Crippen molar-refractivity contribution >= 4 is 17.5 Å². The molecule has 3 heteroatoms. The Morgan fingerprint density at radius 3 is 2.81 bits per heavy atom. The fourth-order valence-electron chi connectivity index (χ4n) is 2.81. The Morgan fingerprint density at radius 2 is 2.00 bits per heavy atom. The summed E-state index contributed by atoms with van der Waals surface area (Å²) in [6.45, 7) is 2.80. The normalized spacial score (nSPS) is 15.8. The number of carbonyl (C=O) groups is 1. The second-order valence-electron chi connectivity index (χ2n) is 5.50. The van der Waals surface area contributed by atoms with Crippen molar-refractivity contribution in [3.05, 3.63) is 70.3 Å². The largest absolute Gasteiger partial charge is 0.352 e. The van der Waals surface area contributed by atoms with Gasteiger partial charge in [-0.05, 0) is 48.1 Å². The van der Waals surface area contributed by atoms with Crippen molar-refractivity contribution in [3.63, 3.8) is 0 Å². The molecule has 108 valence electrons. The van der Waals surface area contributed by atoms with E-state index in [9.17, 15) is 4.79 Å².